The maximum Gasteiger partial charge on any atom is 0.316 e. The van der Waals surface area contributed by atoms with Crippen LogP contribution in [-0.4, -0.2) is 37.1 Å². The highest BCUT2D eigenvalue weighted by atomic mass is 35.5. The van der Waals surface area contributed by atoms with Crippen molar-refractivity contribution in [2.45, 2.75) is 43.6 Å². The molecule has 0 bridgehead atoms. The third kappa shape index (κ3) is 2.95. The second kappa shape index (κ2) is 5.98. The van der Waals surface area contributed by atoms with Crippen molar-refractivity contribution in [2.24, 2.45) is 0 Å². The van der Waals surface area contributed by atoms with Crippen LogP contribution in [0.3, 0.4) is 0 Å². The summed E-state index contributed by atoms with van der Waals surface area (Å²) in [6.45, 7) is 1.86. The summed E-state index contributed by atoms with van der Waals surface area (Å²) < 4.78 is 5.84. The molecule has 1 aromatic rings. The average molecular weight is 308 g/mol. The van der Waals surface area contributed by atoms with Gasteiger partial charge in [-0.25, -0.2) is 0 Å². The summed E-state index contributed by atoms with van der Waals surface area (Å²) in [6, 6.07) is 7.70. The van der Waals surface area contributed by atoms with Crippen molar-refractivity contribution >= 4 is 17.6 Å². The Kier molecular flexibility index (Phi) is 4.23. The minimum atomic E-state index is -0.453. The number of hydrogen-bond donors (Lipinski definition) is 0. The predicted octanol–water partition coefficient (Wildman–Crippen LogP) is 3.40. The van der Waals surface area contributed by atoms with E-state index in [1.807, 2.05) is 24.3 Å². The minimum absolute atomic E-state index is 0.0392. The largest absolute Gasteiger partial charge is 0.460 e. The van der Waals surface area contributed by atoms with Gasteiger partial charge >= 0.3 is 5.97 Å². The first-order valence-electron chi connectivity index (χ1n) is 7.76. The van der Waals surface area contributed by atoms with Gasteiger partial charge in [0.25, 0.3) is 0 Å². The second-order valence-corrected chi connectivity index (χ2v) is 6.81. The summed E-state index contributed by atoms with van der Waals surface area (Å²) in [5.41, 5.74) is 0.604. The lowest BCUT2D eigenvalue weighted by Gasteiger charge is -2.29. The van der Waals surface area contributed by atoms with Gasteiger partial charge in [0, 0.05) is 18.1 Å². The van der Waals surface area contributed by atoms with Crippen molar-refractivity contribution in [3.8, 4) is 0 Å². The van der Waals surface area contributed by atoms with Crippen molar-refractivity contribution in [3.63, 3.8) is 0 Å². The first-order chi connectivity index (χ1) is 10.1. The van der Waals surface area contributed by atoms with Crippen LogP contribution in [0.2, 0.25) is 5.02 Å². The molecule has 3 rings (SSSR count). The van der Waals surface area contributed by atoms with Gasteiger partial charge in [0.2, 0.25) is 0 Å². The quantitative estimate of drug-likeness (QED) is 0.802. The Hall–Kier alpha value is -1.06. The zero-order chi connectivity index (χ0) is 14.9. The number of likely N-dealkylation sites (tertiary alicyclic amines) is 1. The van der Waals surface area contributed by atoms with E-state index >= 15 is 0 Å². The van der Waals surface area contributed by atoms with Gasteiger partial charge in [0.05, 0.1) is 5.41 Å². The lowest BCUT2D eigenvalue weighted by Crippen LogP contribution is -2.37. The molecule has 2 aliphatic rings. The Morgan fingerprint density at radius 1 is 1.29 bits per heavy atom. The molecule has 0 N–H and O–H groups in total. The van der Waals surface area contributed by atoms with Crippen LogP contribution in [0.25, 0.3) is 0 Å². The Bertz CT molecular complexity index is 508. The molecule has 1 atom stereocenters. The number of nitrogens with zero attached hydrogens (tertiary/aromatic N) is 1. The smallest absolute Gasteiger partial charge is 0.316 e. The van der Waals surface area contributed by atoms with Gasteiger partial charge in [-0.1, -0.05) is 36.6 Å². The third-order valence-corrected chi connectivity index (χ3v) is 5.12. The van der Waals surface area contributed by atoms with Crippen LogP contribution in [0.15, 0.2) is 24.3 Å². The molecule has 0 spiro atoms. The normalized spacial score (nSPS) is 25.1. The van der Waals surface area contributed by atoms with Crippen molar-refractivity contribution in [1.82, 2.24) is 4.90 Å². The van der Waals surface area contributed by atoms with E-state index in [0.717, 1.165) is 50.8 Å². The Morgan fingerprint density at radius 3 is 2.52 bits per heavy atom. The maximum atomic E-state index is 12.8. The van der Waals surface area contributed by atoms with Crippen LogP contribution in [0.1, 0.15) is 37.7 Å². The first kappa shape index (κ1) is 14.9. The summed E-state index contributed by atoms with van der Waals surface area (Å²) in [5, 5.41) is 0.706. The van der Waals surface area contributed by atoms with E-state index < -0.39 is 5.41 Å². The minimum Gasteiger partial charge on any atom is -0.460 e. The van der Waals surface area contributed by atoms with Crippen molar-refractivity contribution in [1.29, 1.82) is 0 Å². The highest BCUT2D eigenvalue weighted by Crippen LogP contribution is 2.43. The fraction of sp³-hybridized carbons (Fsp3) is 0.588. The molecule has 1 saturated carbocycles. The molecule has 1 aliphatic heterocycles. The van der Waals surface area contributed by atoms with Crippen LogP contribution in [0.5, 0.6) is 0 Å². The lowest BCUT2D eigenvalue weighted by atomic mass is 9.79. The molecule has 1 aliphatic carbocycles. The summed E-state index contributed by atoms with van der Waals surface area (Å²) >= 11 is 5.98. The Labute approximate surface area is 131 Å². The van der Waals surface area contributed by atoms with Gasteiger partial charge < -0.3 is 9.64 Å². The lowest BCUT2D eigenvalue weighted by molar-refractivity contribution is -0.155. The van der Waals surface area contributed by atoms with E-state index in [4.69, 9.17) is 16.3 Å². The van der Waals surface area contributed by atoms with E-state index in [2.05, 4.69) is 11.9 Å². The van der Waals surface area contributed by atoms with Crippen LogP contribution in [0, 0.1) is 0 Å². The van der Waals surface area contributed by atoms with E-state index in [1.165, 1.54) is 0 Å². The molecule has 0 amide bonds. The highest BCUT2D eigenvalue weighted by Gasteiger charge is 2.45. The van der Waals surface area contributed by atoms with Gasteiger partial charge in [-0.3, -0.25) is 4.79 Å². The topological polar surface area (TPSA) is 29.5 Å². The molecular weight excluding hydrogens is 286 g/mol. The summed E-state index contributed by atoms with van der Waals surface area (Å²) in [5.74, 6) is -0.0392. The second-order valence-electron chi connectivity index (χ2n) is 6.37. The van der Waals surface area contributed by atoms with Gasteiger partial charge in [0.15, 0.2) is 0 Å². The molecule has 4 heteroatoms. The van der Waals surface area contributed by atoms with Crippen LogP contribution in [-0.2, 0) is 14.9 Å². The number of ether oxygens (including phenoxy) is 1. The van der Waals surface area contributed by atoms with Crippen LogP contribution in [0.4, 0.5) is 0 Å². The molecule has 21 heavy (non-hydrogen) atoms. The van der Waals surface area contributed by atoms with Gasteiger partial charge in [-0.15, -0.1) is 0 Å². The first-order valence-corrected chi connectivity index (χ1v) is 8.14. The molecule has 2 fully saturated rings. The van der Waals surface area contributed by atoms with Crippen LogP contribution >= 0.6 is 11.6 Å². The molecule has 0 radical (unpaired) electrons. The number of esters is 1. The van der Waals surface area contributed by atoms with Crippen molar-refractivity contribution < 1.29 is 9.53 Å². The molecule has 0 aromatic heterocycles. The maximum absolute atomic E-state index is 12.8. The van der Waals surface area contributed by atoms with E-state index in [0.29, 0.717) is 5.02 Å². The van der Waals surface area contributed by atoms with E-state index in [1.54, 1.807) is 0 Å². The molecule has 0 unspecified atom stereocenters. The fourth-order valence-electron chi connectivity index (χ4n) is 3.61. The monoisotopic (exact) mass is 307 g/mol. The molecule has 3 nitrogen and oxygen atoms in total. The number of benzene rings is 1. The summed E-state index contributed by atoms with van der Waals surface area (Å²) in [4.78, 5) is 15.1. The zero-order valence-corrected chi connectivity index (χ0v) is 13.2. The van der Waals surface area contributed by atoms with Crippen molar-refractivity contribution in [3.05, 3.63) is 34.9 Å². The third-order valence-electron chi connectivity index (χ3n) is 4.87. The predicted molar refractivity (Wildman–Crippen MR) is 83.6 cm³/mol. The highest BCUT2D eigenvalue weighted by molar-refractivity contribution is 6.30. The number of carbonyl (C=O) groups excluding carboxylic acids is 1. The number of likely N-dealkylation sites (N-methyl/N-ethyl adjacent to an activating group) is 1. The molecular formula is C17H22ClNO2. The Balaban J connectivity index is 1.80. The van der Waals surface area contributed by atoms with Gasteiger partial charge in [-0.2, -0.15) is 0 Å². The molecule has 114 valence electrons. The fourth-order valence-corrected chi connectivity index (χ4v) is 3.74. The summed E-state index contributed by atoms with van der Waals surface area (Å²) in [6.07, 6.45) is 4.93. The number of carbonyl (C=O) groups is 1. The summed E-state index contributed by atoms with van der Waals surface area (Å²) in [7, 11) is 2.07. The van der Waals surface area contributed by atoms with Gasteiger partial charge in [0.1, 0.15) is 6.10 Å². The van der Waals surface area contributed by atoms with E-state index in [9.17, 15) is 4.79 Å². The number of halogens is 1. The molecule has 1 heterocycles. The molecule has 1 aromatic carbocycles. The Morgan fingerprint density at radius 2 is 1.95 bits per heavy atom. The average Bonchev–Trinajstić information content (AvgIpc) is 3.10. The number of rotatable bonds is 3. The van der Waals surface area contributed by atoms with Crippen molar-refractivity contribution in [2.75, 3.05) is 20.1 Å². The standard InChI is InChI=1S/C17H22ClNO2/c1-19-11-8-15(12-19)21-16(20)17(9-2-3-10-17)13-4-6-14(18)7-5-13/h4-7,15H,2-3,8-12H2,1H3/t15-/m0/s1. The van der Waals surface area contributed by atoms with E-state index in [-0.39, 0.29) is 12.1 Å². The number of hydrogen-bond acceptors (Lipinski definition) is 3. The zero-order valence-electron chi connectivity index (χ0n) is 12.5. The molecule has 1 saturated heterocycles. The SMILES string of the molecule is CN1CC[C@H](OC(=O)C2(c3ccc(Cl)cc3)CCCC2)C1. The van der Waals surface area contributed by atoms with Gasteiger partial charge in [-0.05, 0) is 44.0 Å². The van der Waals surface area contributed by atoms with Crippen LogP contribution < -0.4 is 0 Å².